The molecule has 2 heterocycles. The minimum Gasteiger partial charge on any atom is -0.497 e. The van der Waals surface area contributed by atoms with Crippen molar-refractivity contribution in [2.75, 3.05) is 33.4 Å². The van der Waals surface area contributed by atoms with E-state index >= 15 is 0 Å². The van der Waals surface area contributed by atoms with Crippen molar-refractivity contribution >= 4 is 17.5 Å². The van der Waals surface area contributed by atoms with Crippen LogP contribution >= 0.6 is 0 Å². The van der Waals surface area contributed by atoms with Crippen LogP contribution in [0.15, 0.2) is 33.8 Å². The Labute approximate surface area is 174 Å². The molecule has 8 heteroatoms. The molecule has 1 saturated heterocycles. The fourth-order valence-corrected chi connectivity index (χ4v) is 3.84. The van der Waals surface area contributed by atoms with Crippen LogP contribution in [0.3, 0.4) is 0 Å². The van der Waals surface area contributed by atoms with Gasteiger partial charge in [0.1, 0.15) is 11.5 Å². The summed E-state index contributed by atoms with van der Waals surface area (Å²) >= 11 is 0. The molecule has 1 aliphatic heterocycles. The van der Waals surface area contributed by atoms with E-state index in [2.05, 4.69) is 10.5 Å². The highest BCUT2D eigenvalue weighted by molar-refractivity contribution is 6.07. The number of carbonyl (C=O) groups excluding carboxylic acids is 2. The van der Waals surface area contributed by atoms with Crippen LogP contribution in [0.5, 0.6) is 5.75 Å². The third-order valence-corrected chi connectivity index (χ3v) is 5.44. The summed E-state index contributed by atoms with van der Waals surface area (Å²) < 4.78 is 16.5. The second kappa shape index (κ2) is 8.71. The maximum absolute atomic E-state index is 12.9. The zero-order chi connectivity index (χ0) is 21.1. The number of rotatable bonds is 4. The first-order valence-corrected chi connectivity index (χ1v) is 10.1. The number of furan rings is 1. The molecule has 8 nitrogen and oxygen atoms in total. The summed E-state index contributed by atoms with van der Waals surface area (Å²) in [7, 11) is 1.55. The third kappa shape index (κ3) is 3.95. The third-order valence-electron chi connectivity index (χ3n) is 5.44. The molecule has 0 radical (unpaired) electrons. The van der Waals surface area contributed by atoms with E-state index in [0.29, 0.717) is 49.8 Å². The zero-order valence-corrected chi connectivity index (χ0v) is 17.2. The van der Waals surface area contributed by atoms with E-state index in [9.17, 15) is 9.59 Å². The molecule has 1 N–H and O–H groups in total. The normalized spacial score (nSPS) is 17.5. The van der Waals surface area contributed by atoms with E-state index in [1.54, 1.807) is 36.3 Å². The first-order valence-electron chi connectivity index (χ1n) is 10.1. The van der Waals surface area contributed by atoms with Gasteiger partial charge in [0.2, 0.25) is 0 Å². The molecule has 0 atom stereocenters. The number of hydrazone groups is 1. The Bertz CT molecular complexity index is 989. The Morgan fingerprint density at radius 3 is 2.77 bits per heavy atom. The number of methoxy groups -OCH3 is 1. The van der Waals surface area contributed by atoms with Gasteiger partial charge in [0, 0.05) is 36.2 Å². The van der Waals surface area contributed by atoms with Crippen LogP contribution in [0.1, 0.15) is 50.6 Å². The second-order valence-electron chi connectivity index (χ2n) is 7.34. The number of aryl methyl sites for hydroxylation is 1. The molecule has 2 amide bonds. The highest BCUT2D eigenvalue weighted by Gasteiger charge is 2.30. The monoisotopic (exact) mass is 411 g/mol. The van der Waals surface area contributed by atoms with Crippen molar-refractivity contribution in [3.8, 4) is 5.75 Å². The Hall–Kier alpha value is -3.13. The van der Waals surface area contributed by atoms with Crippen LogP contribution in [0, 0.1) is 6.92 Å². The van der Waals surface area contributed by atoms with Gasteiger partial charge in [0.25, 0.3) is 11.8 Å². The zero-order valence-electron chi connectivity index (χ0n) is 17.2. The first kappa shape index (κ1) is 20.2. The van der Waals surface area contributed by atoms with Crippen LogP contribution < -0.4 is 10.2 Å². The van der Waals surface area contributed by atoms with Crippen LogP contribution in [0.2, 0.25) is 0 Å². The van der Waals surface area contributed by atoms with Crippen LogP contribution in [-0.4, -0.2) is 55.8 Å². The summed E-state index contributed by atoms with van der Waals surface area (Å²) in [6.07, 6.45) is 2.30. The molecule has 1 fully saturated rings. The van der Waals surface area contributed by atoms with Crippen molar-refractivity contribution in [2.24, 2.45) is 5.10 Å². The predicted molar refractivity (Wildman–Crippen MR) is 110 cm³/mol. The first-order chi connectivity index (χ1) is 14.6. The summed E-state index contributed by atoms with van der Waals surface area (Å²) in [5, 5.41) is 4.37. The predicted octanol–water partition coefficient (Wildman–Crippen LogP) is 2.54. The van der Waals surface area contributed by atoms with Crippen LogP contribution in [0.4, 0.5) is 0 Å². The average Bonchev–Trinajstić information content (AvgIpc) is 3.14. The Kier molecular flexibility index (Phi) is 5.85. The largest absolute Gasteiger partial charge is 0.497 e. The van der Waals surface area contributed by atoms with E-state index < -0.39 is 0 Å². The number of amides is 2. The minimum absolute atomic E-state index is 0.120. The molecule has 2 aliphatic rings. The molecule has 0 spiro atoms. The maximum Gasteiger partial charge on any atom is 0.290 e. The van der Waals surface area contributed by atoms with Crippen molar-refractivity contribution in [3.05, 3.63) is 52.5 Å². The molecule has 158 valence electrons. The minimum atomic E-state index is -0.320. The fraction of sp³-hybridized carbons (Fsp3) is 0.409. The lowest BCUT2D eigenvalue weighted by molar-refractivity contribution is 0.0281. The molecular formula is C22H25N3O5. The van der Waals surface area contributed by atoms with Crippen LogP contribution in [-0.2, 0) is 11.2 Å². The second-order valence-corrected chi connectivity index (χ2v) is 7.34. The standard InChI is InChI=1S/C22H25N3O5/c1-14-19-17(23-24-21(26)15-5-3-6-16(13-15)28-2)7-4-8-18(19)30-20(14)22(27)25-9-11-29-12-10-25/h3,5-6,13H,4,7-12H2,1-2H3,(H,24,26)/b23-17+. The van der Waals surface area contributed by atoms with Crippen molar-refractivity contribution in [3.63, 3.8) is 0 Å². The highest BCUT2D eigenvalue weighted by Crippen LogP contribution is 2.30. The van der Waals surface area contributed by atoms with Gasteiger partial charge in [0.15, 0.2) is 5.76 Å². The molecule has 0 unspecified atom stereocenters. The van der Waals surface area contributed by atoms with Gasteiger partial charge < -0.3 is 18.8 Å². The van der Waals surface area contributed by atoms with Gasteiger partial charge in [-0.05, 0) is 38.0 Å². The Morgan fingerprint density at radius 2 is 2.00 bits per heavy atom. The molecule has 2 aromatic rings. The number of nitrogens with zero attached hydrogens (tertiary/aromatic N) is 2. The number of ether oxygens (including phenoxy) is 2. The number of carbonyl (C=O) groups is 2. The number of nitrogens with one attached hydrogen (secondary N) is 1. The van der Waals surface area contributed by atoms with E-state index in [4.69, 9.17) is 13.9 Å². The Balaban J connectivity index is 1.56. The number of hydrogen-bond acceptors (Lipinski definition) is 6. The van der Waals surface area contributed by atoms with Gasteiger partial charge in [-0.3, -0.25) is 9.59 Å². The summed E-state index contributed by atoms with van der Waals surface area (Å²) in [4.78, 5) is 27.2. The van der Waals surface area contributed by atoms with Gasteiger partial charge in [-0.1, -0.05) is 6.07 Å². The van der Waals surface area contributed by atoms with Crippen molar-refractivity contribution < 1.29 is 23.5 Å². The number of fused-ring (bicyclic) bond motifs is 1. The van der Waals surface area contributed by atoms with E-state index in [1.165, 1.54) is 0 Å². The smallest absolute Gasteiger partial charge is 0.290 e. The SMILES string of the molecule is COc1cccc(C(=O)N/N=C2\CCCc3oc(C(=O)N4CCOCC4)c(C)c32)c1. The lowest BCUT2D eigenvalue weighted by Gasteiger charge is -2.26. The number of hydrogen-bond donors (Lipinski definition) is 1. The van der Waals surface area contributed by atoms with Gasteiger partial charge >= 0.3 is 0 Å². The summed E-state index contributed by atoms with van der Waals surface area (Å²) in [5.41, 5.74) is 5.43. The molecule has 1 aliphatic carbocycles. The molecule has 1 aromatic carbocycles. The van der Waals surface area contributed by atoms with Crippen LogP contribution in [0.25, 0.3) is 0 Å². The van der Waals surface area contributed by atoms with Crippen molar-refractivity contribution in [1.29, 1.82) is 0 Å². The molecule has 30 heavy (non-hydrogen) atoms. The van der Waals surface area contributed by atoms with Crippen molar-refractivity contribution in [2.45, 2.75) is 26.2 Å². The summed E-state index contributed by atoms with van der Waals surface area (Å²) in [6.45, 7) is 4.06. The quantitative estimate of drug-likeness (QED) is 0.781. The lowest BCUT2D eigenvalue weighted by atomic mass is 9.93. The number of benzene rings is 1. The van der Waals surface area contributed by atoms with Crippen molar-refractivity contribution in [1.82, 2.24) is 10.3 Å². The molecular weight excluding hydrogens is 386 g/mol. The summed E-state index contributed by atoms with van der Waals surface area (Å²) in [6, 6.07) is 6.89. The van der Waals surface area contributed by atoms with Gasteiger partial charge in [0.05, 0.1) is 26.0 Å². The molecule has 4 rings (SSSR count). The van der Waals surface area contributed by atoms with E-state index in [1.807, 2.05) is 6.92 Å². The highest BCUT2D eigenvalue weighted by atomic mass is 16.5. The average molecular weight is 411 g/mol. The van der Waals surface area contributed by atoms with E-state index in [-0.39, 0.29) is 11.8 Å². The van der Waals surface area contributed by atoms with Gasteiger partial charge in [-0.2, -0.15) is 5.10 Å². The van der Waals surface area contributed by atoms with E-state index in [0.717, 1.165) is 35.4 Å². The Morgan fingerprint density at radius 1 is 1.20 bits per heavy atom. The summed E-state index contributed by atoms with van der Waals surface area (Å²) in [5.74, 6) is 1.27. The van der Waals surface area contributed by atoms with Gasteiger partial charge in [-0.15, -0.1) is 0 Å². The lowest BCUT2D eigenvalue weighted by Crippen LogP contribution is -2.40. The number of morpholine rings is 1. The van der Waals surface area contributed by atoms with Gasteiger partial charge in [-0.25, -0.2) is 5.43 Å². The molecule has 0 bridgehead atoms. The fourth-order valence-electron chi connectivity index (χ4n) is 3.84. The molecule has 0 saturated carbocycles. The topological polar surface area (TPSA) is 93.4 Å². The molecule has 1 aromatic heterocycles. The maximum atomic E-state index is 12.9.